The van der Waals surface area contributed by atoms with Crippen LogP contribution in [0.15, 0.2) is 16.6 Å². The highest BCUT2D eigenvalue weighted by Crippen LogP contribution is 2.13. The van der Waals surface area contributed by atoms with E-state index in [-0.39, 0.29) is 0 Å². The number of hydrogen-bond acceptors (Lipinski definition) is 5. The Morgan fingerprint density at radius 2 is 2.57 bits per heavy atom. The second-order valence-electron chi connectivity index (χ2n) is 2.40. The van der Waals surface area contributed by atoms with E-state index in [1.54, 1.807) is 11.3 Å². The van der Waals surface area contributed by atoms with Crippen molar-refractivity contribution in [3.8, 4) is 0 Å². The van der Waals surface area contributed by atoms with Gasteiger partial charge in [-0.25, -0.2) is 4.98 Å². The van der Waals surface area contributed by atoms with E-state index in [9.17, 15) is 0 Å². The van der Waals surface area contributed by atoms with Crippen molar-refractivity contribution >= 4 is 40.0 Å². The molecule has 0 radical (unpaired) electrons. The van der Waals surface area contributed by atoms with Gasteiger partial charge in [-0.05, 0) is 6.26 Å². The van der Waals surface area contributed by atoms with Gasteiger partial charge < -0.3 is 5.73 Å². The first kappa shape index (κ1) is 11.9. The molecule has 1 rings (SSSR count). The highest BCUT2D eigenvalue weighted by Gasteiger charge is 1.95. The molecule has 0 fully saturated rings. The van der Waals surface area contributed by atoms with Crippen LogP contribution in [0.2, 0.25) is 0 Å². The lowest BCUT2D eigenvalue weighted by molar-refractivity contribution is 1.14. The quantitative estimate of drug-likeness (QED) is 0.491. The van der Waals surface area contributed by atoms with Gasteiger partial charge in [0.2, 0.25) is 0 Å². The summed E-state index contributed by atoms with van der Waals surface area (Å²) in [6, 6.07) is 0. The summed E-state index contributed by atoms with van der Waals surface area (Å²) in [6.45, 7) is 0.794. The molecule has 78 valence electrons. The minimum absolute atomic E-state index is 0.667. The fraction of sp³-hybridized carbons (Fsp3) is 0.500. The third-order valence-corrected chi connectivity index (χ3v) is 3.88. The maximum absolute atomic E-state index is 5.54. The Balaban J connectivity index is 2.05. The SMILES string of the molecule is CSC(N)=NCCSCc1nccs1. The maximum atomic E-state index is 5.54. The first-order valence-electron chi connectivity index (χ1n) is 4.13. The second-order valence-corrected chi connectivity index (χ2v) is 5.31. The molecule has 0 saturated heterocycles. The van der Waals surface area contributed by atoms with Crippen LogP contribution in [0.3, 0.4) is 0 Å². The number of nitrogens with two attached hydrogens (primary N) is 1. The van der Waals surface area contributed by atoms with Crippen LogP contribution in [-0.4, -0.2) is 28.7 Å². The summed E-state index contributed by atoms with van der Waals surface area (Å²) in [4.78, 5) is 8.38. The Bertz CT molecular complexity index is 271. The molecule has 1 heterocycles. The molecule has 3 nitrogen and oxygen atoms in total. The van der Waals surface area contributed by atoms with Crippen LogP contribution in [0.25, 0.3) is 0 Å². The summed E-state index contributed by atoms with van der Waals surface area (Å²) in [7, 11) is 0. The van der Waals surface area contributed by atoms with Crippen LogP contribution in [-0.2, 0) is 5.75 Å². The van der Waals surface area contributed by atoms with Gasteiger partial charge in [-0.2, -0.15) is 11.8 Å². The van der Waals surface area contributed by atoms with E-state index in [0.29, 0.717) is 5.17 Å². The summed E-state index contributed by atoms with van der Waals surface area (Å²) in [6.07, 6.45) is 3.77. The van der Waals surface area contributed by atoms with Gasteiger partial charge in [-0.1, -0.05) is 11.8 Å². The van der Waals surface area contributed by atoms with Gasteiger partial charge in [0, 0.05) is 23.1 Å². The van der Waals surface area contributed by atoms with Crippen LogP contribution >= 0.6 is 34.9 Å². The average Bonchev–Trinajstić information content (AvgIpc) is 2.69. The molecule has 14 heavy (non-hydrogen) atoms. The van der Waals surface area contributed by atoms with E-state index in [2.05, 4.69) is 9.98 Å². The maximum Gasteiger partial charge on any atom is 0.153 e. The Morgan fingerprint density at radius 1 is 1.71 bits per heavy atom. The minimum atomic E-state index is 0.667. The number of amidine groups is 1. The van der Waals surface area contributed by atoms with Gasteiger partial charge in [0.1, 0.15) is 5.01 Å². The Morgan fingerprint density at radius 3 is 3.21 bits per heavy atom. The molecule has 0 bridgehead atoms. The molecule has 0 saturated carbocycles. The Hall–Kier alpha value is -0.200. The standard InChI is InChI=1S/C8H13N3S3/c1-12-8(9)11-2-4-13-6-7-10-3-5-14-7/h3,5H,2,4,6H2,1H3,(H2,9,11). The minimum Gasteiger partial charge on any atom is -0.379 e. The Labute approximate surface area is 96.6 Å². The normalized spacial score (nSPS) is 11.9. The predicted molar refractivity (Wildman–Crippen MR) is 68.3 cm³/mol. The fourth-order valence-electron chi connectivity index (χ4n) is 0.769. The number of aliphatic imine (C=N–C) groups is 1. The zero-order valence-electron chi connectivity index (χ0n) is 7.97. The molecule has 0 aliphatic rings. The number of rotatable bonds is 5. The van der Waals surface area contributed by atoms with Crippen molar-refractivity contribution in [2.75, 3.05) is 18.6 Å². The fourth-order valence-corrected chi connectivity index (χ4v) is 2.53. The smallest absolute Gasteiger partial charge is 0.153 e. The molecule has 0 aliphatic carbocycles. The predicted octanol–water partition coefficient (Wildman–Crippen LogP) is 2.05. The molecule has 2 N–H and O–H groups in total. The van der Waals surface area contributed by atoms with Crippen LogP contribution in [0.5, 0.6) is 0 Å². The molecular weight excluding hydrogens is 234 g/mol. The van der Waals surface area contributed by atoms with Crippen LogP contribution in [0, 0.1) is 0 Å². The number of hydrogen-bond donors (Lipinski definition) is 1. The Kier molecular flexibility index (Phi) is 6.05. The van der Waals surface area contributed by atoms with E-state index in [4.69, 9.17) is 5.73 Å². The molecule has 0 amide bonds. The molecule has 1 aromatic heterocycles. The third kappa shape index (κ3) is 4.88. The van der Waals surface area contributed by atoms with Crippen molar-refractivity contribution in [2.45, 2.75) is 5.75 Å². The summed E-state index contributed by atoms with van der Waals surface area (Å²) >= 11 is 5.02. The number of aromatic nitrogens is 1. The molecule has 1 aromatic rings. The number of thioether (sulfide) groups is 2. The lowest BCUT2D eigenvalue weighted by Gasteiger charge is -1.97. The molecular formula is C8H13N3S3. The van der Waals surface area contributed by atoms with E-state index in [1.807, 2.05) is 29.6 Å². The van der Waals surface area contributed by atoms with E-state index in [1.165, 1.54) is 16.8 Å². The van der Waals surface area contributed by atoms with Crippen molar-refractivity contribution in [2.24, 2.45) is 10.7 Å². The first-order chi connectivity index (χ1) is 6.83. The molecule has 6 heteroatoms. The second kappa shape index (κ2) is 7.14. The zero-order valence-corrected chi connectivity index (χ0v) is 10.4. The van der Waals surface area contributed by atoms with Gasteiger partial charge in [0.25, 0.3) is 0 Å². The lowest BCUT2D eigenvalue weighted by atomic mass is 10.8. The highest BCUT2D eigenvalue weighted by atomic mass is 32.2. The summed E-state index contributed by atoms with van der Waals surface area (Å²) in [5.74, 6) is 1.98. The monoisotopic (exact) mass is 247 g/mol. The third-order valence-electron chi connectivity index (χ3n) is 1.42. The van der Waals surface area contributed by atoms with Crippen molar-refractivity contribution in [1.29, 1.82) is 0 Å². The average molecular weight is 247 g/mol. The molecule has 0 aromatic carbocycles. The lowest BCUT2D eigenvalue weighted by Crippen LogP contribution is -2.06. The van der Waals surface area contributed by atoms with Gasteiger partial charge in [0.15, 0.2) is 5.17 Å². The zero-order chi connectivity index (χ0) is 10.2. The summed E-state index contributed by atoms with van der Waals surface area (Å²) in [5.41, 5.74) is 5.54. The van der Waals surface area contributed by atoms with E-state index < -0.39 is 0 Å². The van der Waals surface area contributed by atoms with Crippen molar-refractivity contribution in [1.82, 2.24) is 4.98 Å². The van der Waals surface area contributed by atoms with Crippen molar-refractivity contribution in [3.05, 3.63) is 16.6 Å². The summed E-state index contributed by atoms with van der Waals surface area (Å²) in [5, 5.41) is 3.84. The van der Waals surface area contributed by atoms with Gasteiger partial charge in [-0.3, -0.25) is 4.99 Å². The van der Waals surface area contributed by atoms with Crippen molar-refractivity contribution in [3.63, 3.8) is 0 Å². The van der Waals surface area contributed by atoms with E-state index in [0.717, 1.165) is 18.1 Å². The molecule has 0 atom stereocenters. The van der Waals surface area contributed by atoms with Gasteiger partial charge in [0.05, 0.1) is 6.54 Å². The van der Waals surface area contributed by atoms with Crippen molar-refractivity contribution < 1.29 is 0 Å². The van der Waals surface area contributed by atoms with Crippen LogP contribution < -0.4 is 5.73 Å². The van der Waals surface area contributed by atoms with Crippen LogP contribution in [0.4, 0.5) is 0 Å². The van der Waals surface area contributed by atoms with Gasteiger partial charge in [-0.15, -0.1) is 11.3 Å². The van der Waals surface area contributed by atoms with Gasteiger partial charge >= 0.3 is 0 Å². The van der Waals surface area contributed by atoms with Crippen LogP contribution in [0.1, 0.15) is 5.01 Å². The summed E-state index contributed by atoms with van der Waals surface area (Å²) < 4.78 is 0. The molecule has 0 spiro atoms. The largest absolute Gasteiger partial charge is 0.379 e. The highest BCUT2D eigenvalue weighted by molar-refractivity contribution is 8.13. The first-order valence-corrected chi connectivity index (χ1v) is 7.39. The topological polar surface area (TPSA) is 51.3 Å². The number of nitrogens with zero attached hydrogens (tertiary/aromatic N) is 2. The number of thiazole rings is 1. The molecule has 0 unspecified atom stereocenters. The molecule has 0 aliphatic heterocycles. The van der Waals surface area contributed by atoms with E-state index >= 15 is 0 Å².